The molecule has 0 spiro atoms. The van der Waals surface area contributed by atoms with Crippen LogP contribution < -0.4 is 10.6 Å². The lowest BCUT2D eigenvalue weighted by Gasteiger charge is -2.10. The fraction of sp³-hybridized carbons (Fsp3) is 0.231. The average Bonchev–Trinajstić information content (AvgIpc) is 2.43. The second-order valence-corrected chi connectivity index (χ2v) is 5.25. The van der Waals surface area contributed by atoms with Crippen molar-refractivity contribution in [3.8, 4) is 0 Å². The molecule has 1 aromatic carbocycles. The Balaban J connectivity index is 2.27. The lowest BCUT2D eigenvalue weighted by molar-refractivity contribution is 0.178. The molecule has 2 N–H and O–H groups in total. The van der Waals surface area contributed by atoms with Crippen molar-refractivity contribution in [2.45, 2.75) is 6.61 Å². The highest BCUT2D eigenvalue weighted by Gasteiger charge is 2.05. The first kappa shape index (κ1) is 15.0. The number of hydrogen-bond donors (Lipinski definition) is 2. The van der Waals surface area contributed by atoms with Gasteiger partial charge in [-0.25, -0.2) is 9.97 Å². The predicted molar refractivity (Wildman–Crippen MR) is 84.7 cm³/mol. The Morgan fingerprint density at radius 2 is 2.00 bits per heavy atom. The number of halogens is 2. The maximum Gasteiger partial charge on any atom is 0.158 e. The molecule has 1 aromatic heterocycles. The summed E-state index contributed by atoms with van der Waals surface area (Å²) in [5, 5.41) is 6.87. The molecule has 0 amide bonds. The van der Waals surface area contributed by atoms with Crippen molar-refractivity contribution in [2.75, 3.05) is 24.8 Å². The van der Waals surface area contributed by atoms with E-state index in [2.05, 4.69) is 36.5 Å². The summed E-state index contributed by atoms with van der Waals surface area (Å²) in [6.07, 6.45) is 0. The second kappa shape index (κ2) is 6.88. The molecule has 0 bridgehead atoms. The highest BCUT2D eigenvalue weighted by molar-refractivity contribution is 9.10. The minimum absolute atomic E-state index is 0.356. The van der Waals surface area contributed by atoms with E-state index in [1.54, 1.807) is 7.11 Å². The molecule has 0 radical (unpaired) electrons. The second-order valence-electron chi connectivity index (χ2n) is 3.99. The van der Waals surface area contributed by atoms with Gasteiger partial charge in [0.2, 0.25) is 0 Å². The van der Waals surface area contributed by atoms with Crippen LogP contribution in [0, 0.1) is 0 Å². The third-order valence-corrected chi connectivity index (χ3v) is 3.71. The van der Waals surface area contributed by atoms with Gasteiger partial charge in [-0.1, -0.05) is 11.6 Å². The standard InChI is InChI=1S/C13H14BrClN4O/c1-16-11-6-12(19-13(18-11)7-20-2)17-8-3-4-10(15)9(14)5-8/h3-6H,7H2,1-2H3,(H2,16,17,18,19). The fourth-order valence-corrected chi connectivity index (χ4v) is 2.10. The van der Waals surface area contributed by atoms with E-state index in [-0.39, 0.29) is 0 Å². The van der Waals surface area contributed by atoms with Gasteiger partial charge < -0.3 is 15.4 Å². The van der Waals surface area contributed by atoms with Crippen molar-refractivity contribution in [1.29, 1.82) is 0 Å². The van der Waals surface area contributed by atoms with E-state index in [9.17, 15) is 0 Å². The van der Waals surface area contributed by atoms with Gasteiger partial charge in [-0.3, -0.25) is 0 Å². The molecule has 0 saturated carbocycles. The van der Waals surface area contributed by atoms with E-state index in [1.807, 2.05) is 31.3 Å². The SMILES string of the molecule is CNc1cc(Nc2ccc(Cl)c(Br)c2)nc(COC)n1. The van der Waals surface area contributed by atoms with Gasteiger partial charge in [-0.05, 0) is 34.1 Å². The molecule has 0 aliphatic heterocycles. The number of methoxy groups -OCH3 is 1. The molecule has 0 atom stereocenters. The van der Waals surface area contributed by atoms with E-state index < -0.39 is 0 Å². The Labute approximate surface area is 130 Å². The lowest BCUT2D eigenvalue weighted by atomic mass is 10.3. The minimum atomic E-state index is 0.356. The van der Waals surface area contributed by atoms with Gasteiger partial charge in [0.05, 0.1) is 5.02 Å². The molecule has 0 saturated heterocycles. The first-order valence-corrected chi connectivity index (χ1v) is 7.06. The lowest BCUT2D eigenvalue weighted by Crippen LogP contribution is -2.04. The number of anilines is 3. The van der Waals surface area contributed by atoms with Crippen molar-refractivity contribution in [2.24, 2.45) is 0 Å². The molecule has 106 valence electrons. The van der Waals surface area contributed by atoms with Gasteiger partial charge in [0.15, 0.2) is 5.82 Å². The number of nitrogens with one attached hydrogen (secondary N) is 2. The van der Waals surface area contributed by atoms with Crippen LogP contribution in [0.15, 0.2) is 28.7 Å². The Hall–Kier alpha value is -1.37. The summed E-state index contributed by atoms with van der Waals surface area (Å²) < 4.78 is 5.89. The third kappa shape index (κ3) is 3.82. The summed E-state index contributed by atoms with van der Waals surface area (Å²) in [7, 11) is 3.42. The van der Waals surface area contributed by atoms with Crippen molar-refractivity contribution in [3.63, 3.8) is 0 Å². The molecule has 2 aromatic rings. The molecule has 1 heterocycles. The zero-order valence-electron chi connectivity index (χ0n) is 11.1. The topological polar surface area (TPSA) is 59.1 Å². The van der Waals surface area contributed by atoms with E-state index >= 15 is 0 Å². The van der Waals surface area contributed by atoms with Crippen LogP contribution in [0.4, 0.5) is 17.3 Å². The molecule has 0 aliphatic rings. The maximum atomic E-state index is 5.97. The number of benzene rings is 1. The molecular weight excluding hydrogens is 344 g/mol. The van der Waals surface area contributed by atoms with Crippen LogP contribution in [0.1, 0.15) is 5.82 Å². The summed E-state index contributed by atoms with van der Waals surface area (Å²) in [5.74, 6) is 2.02. The maximum absolute atomic E-state index is 5.97. The number of nitrogens with zero attached hydrogens (tertiary/aromatic N) is 2. The monoisotopic (exact) mass is 356 g/mol. The van der Waals surface area contributed by atoms with Crippen LogP contribution in [0.5, 0.6) is 0 Å². The van der Waals surface area contributed by atoms with Gasteiger partial charge in [-0.15, -0.1) is 0 Å². The van der Waals surface area contributed by atoms with Crippen LogP contribution in [0.3, 0.4) is 0 Å². The van der Waals surface area contributed by atoms with E-state index in [4.69, 9.17) is 16.3 Å². The summed E-state index contributed by atoms with van der Waals surface area (Å²) in [6, 6.07) is 7.40. The van der Waals surface area contributed by atoms with Crippen molar-refractivity contribution in [1.82, 2.24) is 9.97 Å². The quantitative estimate of drug-likeness (QED) is 0.852. The summed E-state index contributed by atoms with van der Waals surface area (Å²) >= 11 is 9.36. The van der Waals surface area contributed by atoms with Gasteiger partial charge in [-0.2, -0.15) is 0 Å². The Kier molecular flexibility index (Phi) is 5.17. The molecule has 5 nitrogen and oxygen atoms in total. The third-order valence-electron chi connectivity index (χ3n) is 2.49. The summed E-state index contributed by atoms with van der Waals surface area (Å²) in [6.45, 7) is 0.356. The predicted octanol–water partition coefficient (Wildman–Crippen LogP) is 3.82. The number of hydrogen-bond acceptors (Lipinski definition) is 5. The summed E-state index contributed by atoms with van der Waals surface area (Å²) in [4.78, 5) is 8.68. The molecule has 20 heavy (non-hydrogen) atoms. The van der Waals surface area contributed by atoms with Gasteiger partial charge in [0.1, 0.15) is 18.2 Å². The summed E-state index contributed by atoms with van der Waals surface area (Å²) in [5.41, 5.74) is 0.880. The van der Waals surface area contributed by atoms with Crippen LogP contribution in [0.25, 0.3) is 0 Å². The average molecular weight is 358 g/mol. The Morgan fingerprint density at radius 3 is 2.65 bits per heavy atom. The van der Waals surface area contributed by atoms with Gasteiger partial charge in [0, 0.05) is 30.4 Å². The van der Waals surface area contributed by atoms with Crippen LogP contribution in [-0.4, -0.2) is 24.1 Å². The zero-order valence-corrected chi connectivity index (χ0v) is 13.4. The van der Waals surface area contributed by atoms with Crippen LogP contribution in [-0.2, 0) is 11.3 Å². The molecule has 7 heteroatoms. The van der Waals surface area contributed by atoms with E-state index in [0.717, 1.165) is 16.0 Å². The van der Waals surface area contributed by atoms with E-state index in [1.165, 1.54) is 0 Å². The van der Waals surface area contributed by atoms with Crippen LogP contribution >= 0.6 is 27.5 Å². The Morgan fingerprint density at radius 1 is 1.25 bits per heavy atom. The Bertz CT molecular complexity index is 609. The molecular formula is C13H14BrClN4O. The van der Waals surface area contributed by atoms with Crippen LogP contribution in [0.2, 0.25) is 5.02 Å². The number of aromatic nitrogens is 2. The van der Waals surface area contributed by atoms with E-state index in [0.29, 0.717) is 23.3 Å². The molecule has 2 rings (SSSR count). The van der Waals surface area contributed by atoms with Crippen molar-refractivity contribution >= 4 is 44.9 Å². The molecule has 0 unspecified atom stereocenters. The first-order valence-electron chi connectivity index (χ1n) is 5.89. The fourth-order valence-electron chi connectivity index (χ4n) is 1.60. The minimum Gasteiger partial charge on any atom is -0.377 e. The smallest absolute Gasteiger partial charge is 0.158 e. The largest absolute Gasteiger partial charge is 0.377 e. The number of ether oxygens (including phenoxy) is 1. The van der Waals surface area contributed by atoms with Crippen molar-refractivity contribution in [3.05, 3.63) is 39.6 Å². The zero-order chi connectivity index (χ0) is 14.5. The molecule has 0 fully saturated rings. The highest BCUT2D eigenvalue weighted by Crippen LogP contribution is 2.27. The van der Waals surface area contributed by atoms with Crippen molar-refractivity contribution < 1.29 is 4.74 Å². The molecule has 0 aliphatic carbocycles. The van der Waals surface area contributed by atoms with Gasteiger partial charge in [0.25, 0.3) is 0 Å². The number of rotatable bonds is 5. The highest BCUT2D eigenvalue weighted by atomic mass is 79.9. The normalized spacial score (nSPS) is 10.4. The van der Waals surface area contributed by atoms with Gasteiger partial charge >= 0.3 is 0 Å². The first-order chi connectivity index (χ1) is 9.62.